The van der Waals surface area contributed by atoms with Gasteiger partial charge in [0.05, 0.1) is 0 Å². The topological polar surface area (TPSA) is 68.9 Å². The Labute approximate surface area is 97.3 Å². The molecule has 0 aliphatic carbocycles. The van der Waals surface area contributed by atoms with Crippen LogP contribution in [-0.4, -0.2) is 15.9 Å². The predicted octanol–water partition coefficient (Wildman–Crippen LogP) is 1.69. The molecule has 17 heavy (non-hydrogen) atoms. The van der Waals surface area contributed by atoms with Gasteiger partial charge in [-0.15, -0.1) is 0 Å². The van der Waals surface area contributed by atoms with Crippen LogP contribution in [0.5, 0.6) is 0 Å². The Bertz CT molecular complexity index is 584. The highest BCUT2D eigenvalue weighted by molar-refractivity contribution is 5.91. The highest BCUT2D eigenvalue weighted by Crippen LogP contribution is 2.16. The molecule has 0 unspecified atom stereocenters. The molecule has 0 saturated carbocycles. The second-order valence-electron chi connectivity index (χ2n) is 3.59. The first-order chi connectivity index (χ1) is 8.06. The number of carbonyl (C=O) groups excluding carboxylic acids is 1. The number of rotatable bonds is 2. The van der Waals surface area contributed by atoms with Gasteiger partial charge in [-0.3, -0.25) is 4.79 Å². The van der Waals surface area contributed by atoms with Crippen LogP contribution in [0.15, 0.2) is 30.3 Å². The van der Waals surface area contributed by atoms with Crippen molar-refractivity contribution in [2.24, 2.45) is 5.73 Å². The molecule has 2 N–H and O–H groups in total. The molecule has 0 aliphatic rings. The van der Waals surface area contributed by atoms with Crippen molar-refractivity contribution in [3.8, 4) is 11.4 Å². The number of nitrogens with zero attached hydrogens (tertiary/aromatic N) is 2. The van der Waals surface area contributed by atoms with Gasteiger partial charge in [0.15, 0.2) is 5.82 Å². The summed E-state index contributed by atoms with van der Waals surface area (Å²) in [6.07, 6.45) is 0. The van der Waals surface area contributed by atoms with Crippen LogP contribution in [0.3, 0.4) is 0 Å². The first kappa shape index (κ1) is 11.2. The van der Waals surface area contributed by atoms with Gasteiger partial charge in [-0.1, -0.05) is 12.1 Å². The van der Waals surface area contributed by atoms with Crippen molar-refractivity contribution >= 4 is 5.91 Å². The molecule has 2 rings (SSSR count). The number of halogens is 1. The second kappa shape index (κ2) is 4.29. The number of aromatic nitrogens is 2. The number of carbonyl (C=O) groups is 1. The van der Waals surface area contributed by atoms with Crippen LogP contribution in [0.2, 0.25) is 0 Å². The van der Waals surface area contributed by atoms with Crippen molar-refractivity contribution in [3.05, 3.63) is 47.5 Å². The smallest absolute Gasteiger partial charge is 0.267 e. The van der Waals surface area contributed by atoms with Crippen LogP contribution in [0, 0.1) is 12.7 Å². The van der Waals surface area contributed by atoms with Gasteiger partial charge in [-0.2, -0.15) is 0 Å². The van der Waals surface area contributed by atoms with Crippen molar-refractivity contribution in [2.75, 3.05) is 0 Å². The first-order valence-electron chi connectivity index (χ1n) is 4.97. The lowest BCUT2D eigenvalue weighted by atomic mass is 10.2. The van der Waals surface area contributed by atoms with Crippen LogP contribution in [0.1, 0.15) is 16.2 Å². The maximum Gasteiger partial charge on any atom is 0.267 e. The van der Waals surface area contributed by atoms with E-state index in [1.807, 2.05) is 0 Å². The number of aryl methyl sites for hydroxylation is 1. The van der Waals surface area contributed by atoms with Gasteiger partial charge in [0.25, 0.3) is 5.91 Å². The summed E-state index contributed by atoms with van der Waals surface area (Å²) in [7, 11) is 0. The lowest BCUT2D eigenvalue weighted by molar-refractivity contribution is 0.0995. The molecule has 1 heterocycles. The fourth-order valence-corrected chi connectivity index (χ4v) is 1.45. The van der Waals surface area contributed by atoms with Crippen LogP contribution in [0.25, 0.3) is 11.4 Å². The third-order valence-electron chi connectivity index (χ3n) is 2.19. The molecule has 0 atom stereocenters. The summed E-state index contributed by atoms with van der Waals surface area (Å²) in [6.45, 7) is 1.72. The fraction of sp³-hybridized carbons (Fsp3) is 0.0833. The summed E-state index contributed by atoms with van der Waals surface area (Å²) in [6, 6.07) is 7.35. The number of primary amides is 1. The van der Waals surface area contributed by atoms with Gasteiger partial charge in [0.1, 0.15) is 11.5 Å². The Hall–Kier alpha value is -2.30. The highest BCUT2D eigenvalue weighted by Gasteiger charge is 2.09. The van der Waals surface area contributed by atoms with E-state index in [4.69, 9.17) is 5.73 Å². The molecule has 0 radical (unpaired) electrons. The van der Waals surface area contributed by atoms with E-state index in [0.29, 0.717) is 17.1 Å². The molecule has 5 heteroatoms. The van der Waals surface area contributed by atoms with E-state index in [-0.39, 0.29) is 11.5 Å². The molecule has 0 saturated heterocycles. The van der Waals surface area contributed by atoms with E-state index in [1.54, 1.807) is 19.1 Å². The van der Waals surface area contributed by atoms with Crippen molar-refractivity contribution < 1.29 is 9.18 Å². The molecular weight excluding hydrogens is 221 g/mol. The SMILES string of the molecule is Cc1cc(C(N)=O)nc(-c2cccc(F)c2)n1. The highest BCUT2D eigenvalue weighted by atomic mass is 19.1. The molecule has 0 fully saturated rings. The normalized spacial score (nSPS) is 10.2. The summed E-state index contributed by atoms with van der Waals surface area (Å²) >= 11 is 0. The van der Waals surface area contributed by atoms with Gasteiger partial charge in [0, 0.05) is 11.3 Å². The Balaban J connectivity index is 2.56. The third-order valence-corrected chi connectivity index (χ3v) is 2.19. The van der Waals surface area contributed by atoms with E-state index in [9.17, 15) is 9.18 Å². The molecule has 2 aromatic rings. The summed E-state index contributed by atoms with van der Waals surface area (Å²) in [4.78, 5) is 19.2. The van der Waals surface area contributed by atoms with E-state index in [0.717, 1.165) is 0 Å². The van der Waals surface area contributed by atoms with Crippen LogP contribution in [0.4, 0.5) is 4.39 Å². The first-order valence-corrected chi connectivity index (χ1v) is 4.97. The summed E-state index contributed by atoms with van der Waals surface area (Å²) in [5, 5.41) is 0. The molecule has 0 bridgehead atoms. The monoisotopic (exact) mass is 231 g/mol. The summed E-state index contributed by atoms with van der Waals surface area (Å²) in [5.74, 6) is -0.723. The zero-order valence-electron chi connectivity index (χ0n) is 9.14. The van der Waals surface area contributed by atoms with Crippen LogP contribution in [-0.2, 0) is 0 Å². The van der Waals surface area contributed by atoms with E-state index in [1.165, 1.54) is 18.2 Å². The lowest BCUT2D eigenvalue weighted by Crippen LogP contribution is -2.14. The molecule has 86 valence electrons. The largest absolute Gasteiger partial charge is 0.364 e. The van der Waals surface area contributed by atoms with Gasteiger partial charge < -0.3 is 5.73 Å². The number of benzene rings is 1. The third kappa shape index (κ3) is 2.44. The fourth-order valence-electron chi connectivity index (χ4n) is 1.45. The zero-order valence-corrected chi connectivity index (χ0v) is 9.14. The zero-order chi connectivity index (χ0) is 12.4. The minimum Gasteiger partial charge on any atom is -0.364 e. The molecule has 0 spiro atoms. The summed E-state index contributed by atoms with van der Waals surface area (Å²) in [5.41, 5.74) is 6.39. The Morgan fingerprint density at radius 1 is 1.29 bits per heavy atom. The number of hydrogen-bond acceptors (Lipinski definition) is 3. The number of nitrogens with two attached hydrogens (primary N) is 1. The molecule has 0 aliphatic heterocycles. The van der Waals surface area contributed by atoms with Crippen molar-refractivity contribution in [1.82, 2.24) is 9.97 Å². The molecule has 1 amide bonds. The molecule has 1 aromatic carbocycles. The molecule has 1 aromatic heterocycles. The Morgan fingerprint density at radius 3 is 2.71 bits per heavy atom. The summed E-state index contributed by atoms with van der Waals surface area (Å²) < 4.78 is 13.1. The minimum atomic E-state index is -0.631. The lowest BCUT2D eigenvalue weighted by Gasteiger charge is -2.03. The number of amides is 1. The van der Waals surface area contributed by atoms with E-state index >= 15 is 0 Å². The average molecular weight is 231 g/mol. The molecular formula is C12H10FN3O. The van der Waals surface area contributed by atoms with E-state index < -0.39 is 5.91 Å². The van der Waals surface area contributed by atoms with Gasteiger partial charge in [-0.25, -0.2) is 14.4 Å². The van der Waals surface area contributed by atoms with Crippen molar-refractivity contribution in [2.45, 2.75) is 6.92 Å². The van der Waals surface area contributed by atoms with Crippen LogP contribution >= 0.6 is 0 Å². The quantitative estimate of drug-likeness (QED) is 0.855. The average Bonchev–Trinajstić information content (AvgIpc) is 2.28. The van der Waals surface area contributed by atoms with Gasteiger partial charge >= 0.3 is 0 Å². The van der Waals surface area contributed by atoms with Crippen molar-refractivity contribution in [1.29, 1.82) is 0 Å². The van der Waals surface area contributed by atoms with Gasteiger partial charge in [-0.05, 0) is 25.1 Å². The second-order valence-corrected chi connectivity index (χ2v) is 3.59. The minimum absolute atomic E-state index is 0.122. The van der Waals surface area contributed by atoms with Gasteiger partial charge in [0.2, 0.25) is 0 Å². The maximum atomic E-state index is 13.1. The number of hydrogen-bond donors (Lipinski definition) is 1. The Morgan fingerprint density at radius 2 is 2.06 bits per heavy atom. The van der Waals surface area contributed by atoms with Crippen molar-refractivity contribution in [3.63, 3.8) is 0 Å². The maximum absolute atomic E-state index is 13.1. The standard InChI is InChI=1S/C12H10FN3O/c1-7-5-10(11(14)17)16-12(15-7)8-3-2-4-9(13)6-8/h2-6H,1H3,(H2,14,17). The predicted molar refractivity (Wildman–Crippen MR) is 60.7 cm³/mol. The Kier molecular flexibility index (Phi) is 2.82. The van der Waals surface area contributed by atoms with Crippen LogP contribution < -0.4 is 5.73 Å². The van der Waals surface area contributed by atoms with E-state index in [2.05, 4.69) is 9.97 Å². The molecule has 4 nitrogen and oxygen atoms in total.